The van der Waals surface area contributed by atoms with Gasteiger partial charge in [-0.25, -0.2) is 4.39 Å². The molecule has 1 atom stereocenters. The van der Waals surface area contributed by atoms with E-state index in [0.717, 1.165) is 11.1 Å². The highest BCUT2D eigenvalue weighted by Crippen LogP contribution is 2.29. The third kappa shape index (κ3) is 2.77. The van der Waals surface area contributed by atoms with Crippen molar-refractivity contribution in [2.45, 2.75) is 25.4 Å². The standard InChI is InChI=1S/C16H17FO/c1-2-16(18,14-6-4-3-5-7-14)12-13-8-10-15(17)11-9-13/h3-11,18H,2,12H2,1H3. The number of halogens is 1. The van der Waals surface area contributed by atoms with Gasteiger partial charge >= 0.3 is 0 Å². The van der Waals surface area contributed by atoms with Crippen LogP contribution >= 0.6 is 0 Å². The van der Waals surface area contributed by atoms with Crippen LogP contribution in [0, 0.1) is 5.82 Å². The van der Waals surface area contributed by atoms with Crippen LogP contribution in [0.15, 0.2) is 54.6 Å². The zero-order valence-electron chi connectivity index (χ0n) is 10.4. The predicted molar refractivity (Wildman–Crippen MR) is 70.7 cm³/mol. The van der Waals surface area contributed by atoms with Crippen LogP contribution in [0.3, 0.4) is 0 Å². The monoisotopic (exact) mass is 244 g/mol. The van der Waals surface area contributed by atoms with Gasteiger partial charge in [0.2, 0.25) is 0 Å². The van der Waals surface area contributed by atoms with Crippen molar-refractivity contribution in [3.05, 3.63) is 71.5 Å². The summed E-state index contributed by atoms with van der Waals surface area (Å²) >= 11 is 0. The SMILES string of the molecule is CCC(O)(Cc1ccc(F)cc1)c1ccccc1. The lowest BCUT2D eigenvalue weighted by Gasteiger charge is -2.27. The summed E-state index contributed by atoms with van der Waals surface area (Å²) < 4.78 is 12.9. The average Bonchev–Trinajstić information content (AvgIpc) is 2.42. The Morgan fingerprint density at radius 2 is 1.61 bits per heavy atom. The molecule has 2 rings (SSSR count). The van der Waals surface area contributed by atoms with E-state index in [2.05, 4.69) is 0 Å². The number of benzene rings is 2. The van der Waals surface area contributed by atoms with E-state index in [0.29, 0.717) is 12.8 Å². The van der Waals surface area contributed by atoms with Crippen LogP contribution in [0.25, 0.3) is 0 Å². The second-order valence-electron chi connectivity index (χ2n) is 4.55. The summed E-state index contributed by atoms with van der Waals surface area (Å²) in [5, 5.41) is 10.7. The number of rotatable bonds is 4. The Hall–Kier alpha value is -1.67. The van der Waals surface area contributed by atoms with Gasteiger partial charge < -0.3 is 5.11 Å². The first-order valence-corrected chi connectivity index (χ1v) is 6.16. The van der Waals surface area contributed by atoms with Gasteiger partial charge in [-0.15, -0.1) is 0 Å². The molecule has 0 spiro atoms. The fraction of sp³-hybridized carbons (Fsp3) is 0.250. The van der Waals surface area contributed by atoms with E-state index in [4.69, 9.17) is 0 Å². The van der Waals surface area contributed by atoms with Crippen LogP contribution in [0.2, 0.25) is 0 Å². The van der Waals surface area contributed by atoms with Gasteiger partial charge in [-0.2, -0.15) is 0 Å². The minimum atomic E-state index is -0.890. The maximum atomic E-state index is 12.9. The minimum absolute atomic E-state index is 0.251. The third-order valence-corrected chi connectivity index (χ3v) is 3.31. The molecule has 1 unspecified atom stereocenters. The lowest BCUT2D eigenvalue weighted by Crippen LogP contribution is -2.27. The van der Waals surface area contributed by atoms with E-state index >= 15 is 0 Å². The Morgan fingerprint density at radius 1 is 1.00 bits per heavy atom. The minimum Gasteiger partial charge on any atom is -0.385 e. The molecule has 2 aromatic carbocycles. The number of aliphatic hydroxyl groups is 1. The topological polar surface area (TPSA) is 20.2 Å². The quantitative estimate of drug-likeness (QED) is 0.870. The Bertz CT molecular complexity index is 492. The number of hydrogen-bond donors (Lipinski definition) is 1. The molecular weight excluding hydrogens is 227 g/mol. The molecule has 0 amide bonds. The smallest absolute Gasteiger partial charge is 0.123 e. The summed E-state index contributed by atoms with van der Waals surface area (Å²) in [5.74, 6) is -0.251. The average molecular weight is 244 g/mol. The Kier molecular flexibility index (Phi) is 3.78. The van der Waals surface area contributed by atoms with Crippen LogP contribution in [0.1, 0.15) is 24.5 Å². The molecule has 0 bridgehead atoms. The van der Waals surface area contributed by atoms with Crippen molar-refractivity contribution in [2.75, 3.05) is 0 Å². The summed E-state index contributed by atoms with van der Waals surface area (Å²) in [7, 11) is 0. The van der Waals surface area contributed by atoms with Crippen LogP contribution in [0.5, 0.6) is 0 Å². The molecule has 0 aliphatic carbocycles. The molecule has 1 nitrogen and oxygen atoms in total. The van der Waals surface area contributed by atoms with Crippen molar-refractivity contribution in [2.24, 2.45) is 0 Å². The van der Waals surface area contributed by atoms with Crippen molar-refractivity contribution >= 4 is 0 Å². The summed E-state index contributed by atoms with van der Waals surface area (Å²) in [4.78, 5) is 0. The maximum absolute atomic E-state index is 12.9. The zero-order valence-corrected chi connectivity index (χ0v) is 10.4. The van der Waals surface area contributed by atoms with Gasteiger partial charge in [-0.05, 0) is 29.7 Å². The molecule has 94 valence electrons. The molecule has 0 fully saturated rings. The van der Waals surface area contributed by atoms with Gasteiger partial charge in [0.25, 0.3) is 0 Å². The summed E-state index contributed by atoms with van der Waals surface area (Å²) in [6.07, 6.45) is 1.11. The van der Waals surface area contributed by atoms with E-state index in [1.165, 1.54) is 12.1 Å². The fourth-order valence-electron chi connectivity index (χ4n) is 2.12. The lowest BCUT2D eigenvalue weighted by molar-refractivity contribution is 0.0327. The zero-order chi connectivity index (χ0) is 13.0. The van der Waals surface area contributed by atoms with E-state index in [1.54, 1.807) is 12.1 Å². The molecule has 0 aromatic heterocycles. The molecule has 18 heavy (non-hydrogen) atoms. The molecule has 0 aliphatic rings. The van der Waals surface area contributed by atoms with E-state index in [9.17, 15) is 9.50 Å². The first-order chi connectivity index (χ1) is 8.64. The second-order valence-corrected chi connectivity index (χ2v) is 4.55. The van der Waals surface area contributed by atoms with E-state index < -0.39 is 5.60 Å². The molecule has 0 aliphatic heterocycles. The molecule has 0 saturated carbocycles. The van der Waals surface area contributed by atoms with Crippen LogP contribution < -0.4 is 0 Å². The Morgan fingerprint density at radius 3 is 2.17 bits per heavy atom. The first-order valence-electron chi connectivity index (χ1n) is 6.16. The van der Waals surface area contributed by atoms with Gasteiger partial charge in [0.1, 0.15) is 5.82 Å². The van der Waals surface area contributed by atoms with E-state index in [-0.39, 0.29) is 5.82 Å². The van der Waals surface area contributed by atoms with Gasteiger partial charge in [0.15, 0.2) is 0 Å². The van der Waals surface area contributed by atoms with Crippen molar-refractivity contribution in [1.29, 1.82) is 0 Å². The fourth-order valence-corrected chi connectivity index (χ4v) is 2.12. The lowest BCUT2D eigenvalue weighted by atomic mass is 9.85. The Labute approximate surface area is 107 Å². The summed E-state index contributed by atoms with van der Waals surface area (Å²) in [6.45, 7) is 1.95. The first kappa shape index (κ1) is 12.8. The molecule has 0 heterocycles. The van der Waals surface area contributed by atoms with Crippen molar-refractivity contribution in [3.63, 3.8) is 0 Å². The normalized spacial score (nSPS) is 14.2. The van der Waals surface area contributed by atoms with Gasteiger partial charge in [0, 0.05) is 6.42 Å². The molecular formula is C16H17FO. The second kappa shape index (κ2) is 5.32. The largest absolute Gasteiger partial charge is 0.385 e. The molecule has 0 radical (unpaired) electrons. The molecule has 1 N–H and O–H groups in total. The molecule has 2 aromatic rings. The highest BCUT2D eigenvalue weighted by atomic mass is 19.1. The van der Waals surface area contributed by atoms with Gasteiger partial charge in [-0.3, -0.25) is 0 Å². The maximum Gasteiger partial charge on any atom is 0.123 e. The van der Waals surface area contributed by atoms with E-state index in [1.807, 2.05) is 37.3 Å². The predicted octanol–water partition coefficient (Wildman–Crippen LogP) is 3.67. The van der Waals surface area contributed by atoms with Crippen LogP contribution in [-0.4, -0.2) is 5.11 Å². The highest BCUT2D eigenvalue weighted by molar-refractivity contribution is 5.26. The van der Waals surface area contributed by atoms with Crippen molar-refractivity contribution in [3.8, 4) is 0 Å². The highest BCUT2D eigenvalue weighted by Gasteiger charge is 2.27. The van der Waals surface area contributed by atoms with Gasteiger partial charge in [0.05, 0.1) is 5.60 Å². The third-order valence-electron chi connectivity index (χ3n) is 3.31. The summed E-state index contributed by atoms with van der Waals surface area (Å²) in [6, 6.07) is 15.9. The van der Waals surface area contributed by atoms with Crippen molar-refractivity contribution in [1.82, 2.24) is 0 Å². The van der Waals surface area contributed by atoms with Crippen molar-refractivity contribution < 1.29 is 9.50 Å². The van der Waals surface area contributed by atoms with Crippen LogP contribution in [-0.2, 0) is 12.0 Å². The Balaban J connectivity index is 2.26. The molecule has 0 saturated heterocycles. The summed E-state index contributed by atoms with van der Waals surface area (Å²) in [5.41, 5.74) is 0.945. The van der Waals surface area contributed by atoms with Crippen LogP contribution in [0.4, 0.5) is 4.39 Å². The van der Waals surface area contributed by atoms with Gasteiger partial charge in [-0.1, -0.05) is 49.4 Å². The number of hydrogen-bond acceptors (Lipinski definition) is 1. The molecule has 2 heteroatoms.